The summed E-state index contributed by atoms with van der Waals surface area (Å²) >= 11 is 0. The van der Waals surface area contributed by atoms with Crippen LogP contribution in [0.15, 0.2) is 0 Å². The molecule has 2 unspecified atom stereocenters. The molecule has 0 aliphatic carbocycles. The molecule has 0 bridgehead atoms. The van der Waals surface area contributed by atoms with Gasteiger partial charge in [-0.2, -0.15) is 0 Å². The normalized spacial score (nSPS) is 17.3. The van der Waals surface area contributed by atoms with Gasteiger partial charge in [-0.1, -0.05) is 0 Å². The Labute approximate surface area is 74.6 Å². The van der Waals surface area contributed by atoms with Crippen molar-refractivity contribution in [3.8, 4) is 0 Å². The summed E-state index contributed by atoms with van der Waals surface area (Å²) in [5.74, 6) is 0.121. The molecule has 4 nitrogen and oxygen atoms in total. The number of sulfonamides is 1. The second kappa shape index (κ2) is 4.79. The van der Waals surface area contributed by atoms with Crippen LogP contribution in [0.1, 0.15) is 27.2 Å². The van der Waals surface area contributed by atoms with E-state index in [9.17, 15) is 8.42 Å². The molecule has 2 atom stereocenters. The lowest BCUT2D eigenvalue weighted by Crippen LogP contribution is -2.37. The molecular weight excluding hydrogens is 176 g/mol. The van der Waals surface area contributed by atoms with Gasteiger partial charge in [0.2, 0.25) is 10.0 Å². The zero-order valence-electron chi connectivity index (χ0n) is 7.87. The SMILES string of the molecule is CCS(=O)(=O)NC(C)CC(C)N. The lowest BCUT2D eigenvalue weighted by atomic mass is 10.1. The molecule has 0 aliphatic heterocycles. The van der Waals surface area contributed by atoms with Gasteiger partial charge in [-0.05, 0) is 27.2 Å². The number of hydrogen-bond acceptors (Lipinski definition) is 3. The van der Waals surface area contributed by atoms with E-state index in [1.165, 1.54) is 0 Å². The standard InChI is InChI=1S/C7H18N2O2S/c1-4-12(10,11)9-7(3)5-6(2)8/h6-7,9H,4-5,8H2,1-3H3. The molecular formula is C7H18N2O2S. The molecule has 0 radical (unpaired) electrons. The summed E-state index contributed by atoms with van der Waals surface area (Å²) in [6, 6.07) is -0.0468. The number of rotatable bonds is 5. The Bertz CT molecular complexity index is 211. The summed E-state index contributed by atoms with van der Waals surface area (Å²) in [5.41, 5.74) is 5.52. The Morgan fingerprint density at radius 1 is 1.42 bits per heavy atom. The molecule has 0 saturated carbocycles. The van der Waals surface area contributed by atoms with Gasteiger partial charge < -0.3 is 5.73 Å². The Balaban J connectivity index is 3.93. The molecule has 0 heterocycles. The average molecular weight is 194 g/mol. The van der Waals surface area contributed by atoms with Crippen molar-refractivity contribution in [3.63, 3.8) is 0 Å². The summed E-state index contributed by atoms with van der Waals surface area (Å²) in [6.45, 7) is 5.29. The Morgan fingerprint density at radius 2 is 1.92 bits per heavy atom. The molecule has 0 saturated heterocycles. The van der Waals surface area contributed by atoms with Crippen LogP contribution < -0.4 is 10.5 Å². The van der Waals surface area contributed by atoms with Crippen LogP contribution in [-0.4, -0.2) is 26.3 Å². The van der Waals surface area contributed by atoms with Crippen molar-refractivity contribution in [1.82, 2.24) is 4.72 Å². The van der Waals surface area contributed by atoms with Gasteiger partial charge in [-0.3, -0.25) is 0 Å². The van der Waals surface area contributed by atoms with Crippen LogP contribution in [0.4, 0.5) is 0 Å². The number of hydrogen-bond donors (Lipinski definition) is 2. The molecule has 3 N–H and O–H groups in total. The highest BCUT2D eigenvalue weighted by Crippen LogP contribution is 1.96. The average Bonchev–Trinajstić information content (AvgIpc) is 1.84. The summed E-state index contributed by atoms with van der Waals surface area (Å²) in [4.78, 5) is 0. The second-order valence-corrected chi connectivity index (χ2v) is 5.18. The molecule has 0 fully saturated rings. The molecule has 0 amide bonds. The fourth-order valence-corrected chi connectivity index (χ4v) is 1.87. The Hall–Kier alpha value is -0.130. The van der Waals surface area contributed by atoms with Gasteiger partial charge in [0, 0.05) is 12.1 Å². The summed E-state index contributed by atoms with van der Waals surface area (Å²) in [6.07, 6.45) is 0.666. The maximum absolute atomic E-state index is 11.0. The van der Waals surface area contributed by atoms with Crippen molar-refractivity contribution in [3.05, 3.63) is 0 Å². The first-order valence-electron chi connectivity index (χ1n) is 4.13. The van der Waals surface area contributed by atoms with Gasteiger partial charge in [0.05, 0.1) is 5.75 Å². The molecule has 0 spiro atoms. The molecule has 0 aliphatic rings. The lowest BCUT2D eigenvalue weighted by Gasteiger charge is -2.14. The third-order valence-corrected chi connectivity index (χ3v) is 3.01. The highest BCUT2D eigenvalue weighted by atomic mass is 32.2. The van der Waals surface area contributed by atoms with Crippen LogP contribution in [0.2, 0.25) is 0 Å². The van der Waals surface area contributed by atoms with Crippen molar-refractivity contribution in [2.45, 2.75) is 39.3 Å². The first-order chi connectivity index (χ1) is 5.37. The Morgan fingerprint density at radius 3 is 2.25 bits per heavy atom. The maximum atomic E-state index is 11.0. The minimum atomic E-state index is -3.07. The fraction of sp³-hybridized carbons (Fsp3) is 1.00. The van der Waals surface area contributed by atoms with Crippen LogP contribution in [0, 0.1) is 0 Å². The van der Waals surface area contributed by atoms with Crippen molar-refractivity contribution >= 4 is 10.0 Å². The van der Waals surface area contributed by atoms with Crippen LogP contribution in [0.3, 0.4) is 0 Å². The molecule has 12 heavy (non-hydrogen) atoms. The van der Waals surface area contributed by atoms with E-state index in [1.807, 2.05) is 13.8 Å². The van der Waals surface area contributed by atoms with Crippen molar-refractivity contribution in [1.29, 1.82) is 0 Å². The minimum Gasteiger partial charge on any atom is -0.328 e. The van der Waals surface area contributed by atoms with Gasteiger partial charge in [0.25, 0.3) is 0 Å². The van der Waals surface area contributed by atoms with Gasteiger partial charge in [0.1, 0.15) is 0 Å². The van der Waals surface area contributed by atoms with Crippen molar-refractivity contribution in [2.24, 2.45) is 5.73 Å². The highest BCUT2D eigenvalue weighted by Gasteiger charge is 2.12. The summed E-state index contributed by atoms with van der Waals surface area (Å²) in [5, 5.41) is 0. The van der Waals surface area contributed by atoms with E-state index in [2.05, 4.69) is 4.72 Å². The third kappa shape index (κ3) is 5.51. The van der Waals surface area contributed by atoms with E-state index in [0.717, 1.165) is 0 Å². The molecule has 0 rings (SSSR count). The fourth-order valence-electron chi connectivity index (χ4n) is 0.996. The van der Waals surface area contributed by atoms with Crippen LogP contribution >= 0.6 is 0 Å². The van der Waals surface area contributed by atoms with E-state index in [-0.39, 0.29) is 17.8 Å². The largest absolute Gasteiger partial charge is 0.328 e. The third-order valence-electron chi connectivity index (χ3n) is 1.49. The monoisotopic (exact) mass is 194 g/mol. The predicted molar refractivity (Wildman–Crippen MR) is 50.3 cm³/mol. The molecule has 74 valence electrons. The van der Waals surface area contributed by atoms with Gasteiger partial charge in [0.15, 0.2) is 0 Å². The first kappa shape index (κ1) is 11.9. The quantitative estimate of drug-likeness (QED) is 0.649. The van der Waals surface area contributed by atoms with Gasteiger partial charge >= 0.3 is 0 Å². The van der Waals surface area contributed by atoms with E-state index >= 15 is 0 Å². The van der Waals surface area contributed by atoms with Gasteiger partial charge in [-0.25, -0.2) is 13.1 Å². The van der Waals surface area contributed by atoms with E-state index in [1.54, 1.807) is 6.92 Å². The highest BCUT2D eigenvalue weighted by molar-refractivity contribution is 7.89. The number of nitrogens with one attached hydrogen (secondary N) is 1. The molecule has 0 aromatic carbocycles. The smallest absolute Gasteiger partial charge is 0.211 e. The second-order valence-electron chi connectivity index (χ2n) is 3.14. The molecule has 0 aromatic rings. The predicted octanol–water partition coefficient (Wildman–Crippen LogP) is 0.0515. The summed E-state index contributed by atoms with van der Waals surface area (Å²) < 4.78 is 24.6. The Kier molecular flexibility index (Phi) is 4.74. The zero-order chi connectivity index (χ0) is 9.78. The zero-order valence-corrected chi connectivity index (χ0v) is 8.69. The lowest BCUT2D eigenvalue weighted by molar-refractivity contribution is 0.520. The number of nitrogens with two attached hydrogens (primary N) is 1. The van der Waals surface area contributed by atoms with E-state index < -0.39 is 10.0 Å². The maximum Gasteiger partial charge on any atom is 0.211 e. The summed E-state index contributed by atoms with van der Waals surface area (Å²) in [7, 11) is -3.07. The topological polar surface area (TPSA) is 72.2 Å². The molecule has 5 heteroatoms. The van der Waals surface area contributed by atoms with E-state index in [0.29, 0.717) is 6.42 Å². The minimum absolute atomic E-state index is 0.0274. The van der Waals surface area contributed by atoms with Gasteiger partial charge in [-0.15, -0.1) is 0 Å². The van der Waals surface area contributed by atoms with Crippen molar-refractivity contribution in [2.75, 3.05) is 5.75 Å². The van der Waals surface area contributed by atoms with E-state index in [4.69, 9.17) is 5.73 Å². The van der Waals surface area contributed by atoms with Crippen molar-refractivity contribution < 1.29 is 8.42 Å². The van der Waals surface area contributed by atoms with Crippen LogP contribution in [0.5, 0.6) is 0 Å². The molecule has 0 aromatic heterocycles. The van der Waals surface area contributed by atoms with Crippen LogP contribution in [0.25, 0.3) is 0 Å². The van der Waals surface area contributed by atoms with Crippen LogP contribution in [-0.2, 0) is 10.0 Å². The first-order valence-corrected chi connectivity index (χ1v) is 5.78.